The van der Waals surface area contributed by atoms with Gasteiger partial charge in [0.15, 0.2) is 15.6 Å². The molecule has 1 aromatic carbocycles. The van der Waals surface area contributed by atoms with Gasteiger partial charge in [-0.2, -0.15) is 0 Å². The fourth-order valence-corrected chi connectivity index (χ4v) is 2.08. The van der Waals surface area contributed by atoms with Crippen LogP contribution in [0.3, 0.4) is 0 Å². The zero-order valence-electron chi connectivity index (χ0n) is 11.4. The average molecular weight is 268 g/mol. The van der Waals surface area contributed by atoms with E-state index < -0.39 is 14.6 Å². The molecule has 0 fully saturated rings. The van der Waals surface area contributed by atoms with E-state index in [9.17, 15) is 13.2 Å². The molecular weight excluding hydrogens is 248 g/mol. The summed E-state index contributed by atoms with van der Waals surface area (Å²) in [4.78, 5) is 12.2. The summed E-state index contributed by atoms with van der Waals surface area (Å²) in [5, 5.41) is 0. The number of ketones is 1. The fourth-order valence-electron chi connectivity index (χ4n) is 1.63. The average Bonchev–Trinajstić information content (AvgIpc) is 2.28. The van der Waals surface area contributed by atoms with Crippen LogP contribution in [0.25, 0.3) is 0 Å². The number of carbonyl (C=O) groups excluding carboxylic acids is 1. The quantitative estimate of drug-likeness (QED) is 0.771. The molecule has 0 aliphatic rings. The minimum atomic E-state index is -3.42. The molecule has 100 valence electrons. The number of Topliss-reactive ketones (excluding diaryl/α,β-unsaturated/α-hetero) is 1. The number of benzene rings is 1. The summed E-state index contributed by atoms with van der Waals surface area (Å²) in [5.74, 6) is -0.354. The number of aryl methyl sites for hydroxylation is 1. The molecule has 0 aliphatic heterocycles. The van der Waals surface area contributed by atoms with Crippen LogP contribution in [-0.4, -0.2) is 25.2 Å². The molecule has 0 saturated heterocycles. The van der Waals surface area contributed by atoms with Crippen molar-refractivity contribution in [2.24, 2.45) is 0 Å². The third-order valence-electron chi connectivity index (χ3n) is 3.23. The lowest BCUT2D eigenvalue weighted by Crippen LogP contribution is -2.39. The fraction of sp³-hybridized carbons (Fsp3) is 0.500. The van der Waals surface area contributed by atoms with Crippen molar-refractivity contribution in [2.75, 3.05) is 6.26 Å². The van der Waals surface area contributed by atoms with Gasteiger partial charge in [0.25, 0.3) is 0 Å². The van der Waals surface area contributed by atoms with Crippen LogP contribution >= 0.6 is 0 Å². The summed E-state index contributed by atoms with van der Waals surface area (Å²) >= 11 is 0. The van der Waals surface area contributed by atoms with Crippen molar-refractivity contribution in [3.8, 4) is 0 Å². The molecule has 0 atom stereocenters. The van der Waals surface area contributed by atoms with Gasteiger partial charge in [0.1, 0.15) is 4.75 Å². The smallest absolute Gasteiger partial charge is 0.183 e. The van der Waals surface area contributed by atoms with E-state index in [0.717, 1.165) is 24.7 Å². The Morgan fingerprint density at radius 3 is 2.06 bits per heavy atom. The van der Waals surface area contributed by atoms with E-state index in [1.807, 2.05) is 12.1 Å². The van der Waals surface area contributed by atoms with E-state index in [1.54, 1.807) is 12.1 Å². The number of sulfone groups is 1. The predicted octanol–water partition coefficient (Wildman–Crippen LogP) is 2.65. The summed E-state index contributed by atoms with van der Waals surface area (Å²) < 4.78 is 21.9. The van der Waals surface area contributed by atoms with Crippen molar-refractivity contribution in [1.82, 2.24) is 0 Å². The second-order valence-corrected chi connectivity index (χ2v) is 7.62. The van der Waals surface area contributed by atoms with Gasteiger partial charge in [-0.15, -0.1) is 0 Å². The van der Waals surface area contributed by atoms with Crippen molar-refractivity contribution in [3.63, 3.8) is 0 Å². The van der Waals surface area contributed by atoms with Crippen molar-refractivity contribution >= 4 is 15.6 Å². The summed E-state index contributed by atoms with van der Waals surface area (Å²) in [7, 11) is -3.42. The minimum absolute atomic E-state index is 0.354. The lowest BCUT2D eigenvalue weighted by atomic mass is 9.98. The predicted molar refractivity (Wildman–Crippen MR) is 73.7 cm³/mol. The van der Waals surface area contributed by atoms with Gasteiger partial charge < -0.3 is 0 Å². The Bertz CT molecular complexity index is 525. The highest BCUT2D eigenvalue weighted by molar-refractivity contribution is 7.92. The van der Waals surface area contributed by atoms with Gasteiger partial charge in [0.2, 0.25) is 0 Å². The lowest BCUT2D eigenvalue weighted by Gasteiger charge is -2.20. The third kappa shape index (κ3) is 2.99. The Morgan fingerprint density at radius 1 is 1.17 bits per heavy atom. The zero-order chi connectivity index (χ0) is 14.0. The lowest BCUT2D eigenvalue weighted by molar-refractivity contribution is 0.0954. The first-order chi connectivity index (χ1) is 8.20. The van der Waals surface area contributed by atoms with Gasteiger partial charge in [-0.1, -0.05) is 37.6 Å². The molecule has 1 rings (SSSR count). The molecule has 0 heterocycles. The zero-order valence-corrected chi connectivity index (χ0v) is 12.2. The molecule has 0 radical (unpaired) electrons. The van der Waals surface area contributed by atoms with Crippen LogP contribution in [0.15, 0.2) is 24.3 Å². The van der Waals surface area contributed by atoms with Crippen molar-refractivity contribution < 1.29 is 13.2 Å². The molecule has 0 saturated carbocycles. The van der Waals surface area contributed by atoms with Gasteiger partial charge in [0, 0.05) is 11.8 Å². The van der Waals surface area contributed by atoms with Crippen LogP contribution < -0.4 is 0 Å². The minimum Gasteiger partial charge on any atom is -0.292 e. The molecular formula is C14H20O3S. The molecule has 3 nitrogen and oxygen atoms in total. The summed E-state index contributed by atoms with van der Waals surface area (Å²) in [6.45, 7) is 4.99. The van der Waals surface area contributed by atoms with Crippen LogP contribution in [0.5, 0.6) is 0 Å². The standard InChI is InChI=1S/C14H20O3S/c1-5-6-11-7-9-12(10-8-11)13(15)14(2,3)18(4,16)17/h7-10H,5-6H2,1-4H3. The second kappa shape index (κ2) is 5.22. The Kier molecular flexibility index (Phi) is 4.32. The molecule has 0 N–H and O–H groups in total. The molecule has 1 aromatic rings. The van der Waals surface area contributed by atoms with Crippen molar-refractivity contribution in [2.45, 2.75) is 38.4 Å². The molecule has 0 bridgehead atoms. The molecule has 4 heteroatoms. The Morgan fingerprint density at radius 2 is 1.67 bits per heavy atom. The number of hydrogen-bond acceptors (Lipinski definition) is 3. The van der Waals surface area contributed by atoms with E-state index in [4.69, 9.17) is 0 Å². The van der Waals surface area contributed by atoms with Gasteiger partial charge in [-0.3, -0.25) is 4.79 Å². The van der Waals surface area contributed by atoms with Crippen LogP contribution in [0.1, 0.15) is 43.1 Å². The monoisotopic (exact) mass is 268 g/mol. The Labute approximate surface area is 109 Å². The van der Waals surface area contributed by atoms with Gasteiger partial charge >= 0.3 is 0 Å². The second-order valence-electron chi connectivity index (χ2n) is 5.06. The van der Waals surface area contributed by atoms with Gasteiger partial charge in [-0.25, -0.2) is 8.42 Å². The topological polar surface area (TPSA) is 51.2 Å². The first kappa shape index (κ1) is 14.9. The van der Waals surface area contributed by atoms with E-state index >= 15 is 0 Å². The van der Waals surface area contributed by atoms with E-state index in [2.05, 4.69) is 6.92 Å². The maximum atomic E-state index is 12.2. The molecule has 0 spiro atoms. The third-order valence-corrected chi connectivity index (χ3v) is 5.27. The summed E-state index contributed by atoms with van der Waals surface area (Å²) in [5.41, 5.74) is 1.61. The summed E-state index contributed by atoms with van der Waals surface area (Å²) in [6.07, 6.45) is 3.10. The molecule has 0 aromatic heterocycles. The highest BCUT2D eigenvalue weighted by atomic mass is 32.2. The first-order valence-corrected chi connectivity index (χ1v) is 7.92. The van der Waals surface area contributed by atoms with Gasteiger partial charge in [-0.05, 0) is 25.8 Å². The first-order valence-electron chi connectivity index (χ1n) is 6.03. The normalized spacial score (nSPS) is 12.4. The van der Waals surface area contributed by atoms with Crippen LogP contribution in [0.4, 0.5) is 0 Å². The maximum Gasteiger partial charge on any atom is 0.183 e. The number of hydrogen-bond donors (Lipinski definition) is 0. The van der Waals surface area contributed by atoms with E-state index in [1.165, 1.54) is 13.8 Å². The largest absolute Gasteiger partial charge is 0.292 e. The number of rotatable bonds is 5. The summed E-state index contributed by atoms with van der Waals surface area (Å²) in [6, 6.07) is 7.19. The SMILES string of the molecule is CCCc1ccc(C(=O)C(C)(C)S(C)(=O)=O)cc1. The van der Waals surface area contributed by atoms with Crippen molar-refractivity contribution in [3.05, 3.63) is 35.4 Å². The Hall–Kier alpha value is -1.16. The van der Waals surface area contributed by atoms with Crippen LogP contribution in [0, 0.1) is 0 Å². The molecule has 0 amide bonds. The van der Waals surface area contributed by atoms with Crippen LogP contribution in [-0.2, 0) is 16.3 Å². The van der Waals surface area contributed by atoms with E-state index in [0.29, 0.717) is 5.56 Å². The highest BCUT2D eigenvalue weighted by Gasteiger charge is 2.38. The van der Waals surface area contributed by atoms with Crippen molar-refractivity contribution in [1.29, 1.82) is 0 Å². The van der Waals surface area contributed by atoms with Crippen LogP contribution in [0.2, 0.25) is 0 Å². The Balaban J connectivity index is 3.05. The maximum absolute atomic E-state index is 12.2. The molecule has 18 heavy (non-hydrogen) atoms. The molecule has 0 unspecified atom stereocenters. The van der Waals surface area contributed by atoms with Gasteiger partial charge in [0.05, 0.1) is 0 Å². The highest BCUT2D eigenvalue weighted by Crippen LogP contribution is 2.21. The molecule has 0 aliphatic carbocycles. The van der Waals surface area contributed by atoms with E-state index in [-0.39, 0.29) is 5.78 Å². The number of carbonyl (C=O) groups is 1.